The van der Waals surface area contributed by atoms with Crippen LogP contribution in [0.4, 0.5) is 5.69 Å². The maximum Gasteiger partial charge on any atom is 0.265 e. The number of anilines is 1. The highest BCUT2D eigenvalue weighted by Gasteiger charge is 2.20. The maximum atomic E-state index is 12.9. The second-order valence-electron chi connectivity index (χ2n) is 5.56. The molecule has 0 saturated carbocycles. The second-order valence-corrected chi connectivity index (χ2v) is 7.00. The zero-order valence-corrected chi connectivity index (χ0v) is 15.4. The summed E-state index contributed by atoms with van der Waals surface area (Å²) in [7, 11) is 0. The number of benzene rings is 2. The number of para-hydroxylation sites is 2. The molecule has 0 aliphatic carbocycles. The number of hydrogen-bond donors (Lipinski definition) is 0. The summed E-state index contributed by atoms with van der Waals surface area (Å²) in [5, 5.41) is 2.54. The van der Waals surface area contributed by atoms with Crippen molar-refractivity contribution >= 4 is 34.5 Å². The van der Waals surface area contributed by atoms with Gasteiger partial charge in [-0.1, -0.05) is 48.0 Å². The molecule has 5 heteroatoms. The number of ether oxygens (including phenoxy) is 1. The summed E-state index contributed by atoms with van der Waals surface area (Å²) in [6.45, 7) is 2.39. The van der Waals surface area contributed by atoms with Crippen LogP contribution in [0.5, 0.6) is 5.75 Å². The smallest absolute Gasteiger partial charge is 0.265 e. The second kappa shape index (κ2) is 8.19. The molecule has 0 bridgehead atoms. The quantitative estimate of drug-likeness (QED) is 0.586. The van der Waals surface area contributed by atoms with Crippen LogP contribution in [0.15, 0.2) is 66.0 Å². The lowest BCUT2D eigenvalue weighted by atomic mass is 10.2. The fourth-order valence-corrected chi connectivity index (χ4v) is 3.40. The lowest BCUT2D eigenvalue weighted by Crippen LogP contribution is -2.34. The van der Waals surface area contributed by atoms with Gasteiger partial charge in [0.05, 0.1) is 17.3 Å². The van der Waals surface area contributed by atoms with Crippen molar-refractivity contribution in [2.75, 3.05) is 11.5 Å². The first-order valence-corrected chi connectivity index (χ1v) is 9.16. The van der Waals surface area contributed by atoms with E-state index in [0.29, 0.717) is 23.0 Å². The van der Waals surface area contributed by atoms with E-state index in [-0.39, 0.29) is 12.5 Å². The minimum absolute atomic E-state index is 0.0402. The van der Waals surface area contributed by atoms with Crippen molar-refractivity contribution in [3.05, 3.63) is 81.5 Å². The number of thiophene rings is 1. The van der Waals surface area contributed by atoms with Gasteiger partial charge in [0.2, 0.25) is 0 Å². The molecular formula is C20H18ClNO2S. The first-order valence-electron chi connectivity index (χ1n) is 7.91. The van der Waals surface area contributed by atoms with Crippen molar-refractivity contribution in [3.8, 4) is 5.75 Å². The zero-order chi connectivity index (χ0) is 17.6. The molecule has 0 aliphatic heterocycles. The molecule has 0 spiro atoms. The highest BCUT2D eigenvalue weighted by Crippen LogP contribution is 2.28. The number of carbonyl (C=O) groups is 1. The molecule has 128 valence electrons. The van der Waals surface area contributed by atoms with Crippen LogP contribution in [-0.2, 0) is 11.3 Å². The third-order valence-corrected chi connectivity index (χ3v) is 4.96. The summed E-state index contributed by atoms with van der Waals surface area (Å²) in [4.78, 5) is 15.6. The van der Waals surface area contributed by atoms with Crippen molar-refractivity contribution in [2.24, 2.45) is 0 Å². The molecule has 0 saturated heterocycles. The average Bonchev–Trinajstić information content (AvgIpc) is 3.13. The monoisotopic (exact) mass is 371 g/mol. The Hall–Kier alpha value is -2.30. The molecule has 0 atom stereocenters. The minimum Gasteiger partial charge on any atom is -0.483 e. The SMILES string of the molecule is Cc1ccccc1OCC(=O)N(Cc1cccs1)c1ccccc1Cl. The molecule has 2 aromatic carbocycles. The molecule has 3 nitrogen and oxygen atoms in total. The largest absolute Gasteiger partial charge is 0.483 e. The number of carbonyl (C=O) groups excluding carboxylic acids is 1. The zero-order valence-electron chi connectivity index (χ0n) is 13.8. The average molecular weight is 372 g/mol. The van der Waals surface area contributed by atoms with Gasteiger partial charge in [-0.05, 0) is 42.1 Å². The van der Waals surface area contributed by atoms with Crippen LogP contribution in [0.1, 0.15) is 10.4 Å². The van der Waals surface area contributed by atoms with Crippen LogP contribution in [0.25, 0.3) is 0 Å². The van der Waals surface area contributed by atoms with Crippen LogP contribution in [-0.4, -0.2) is 12.5 Å². The van der Waals surface area contributed by atoms with Gasteiger partial charge in [0.15, 0.2) is 6.61 Å². The fraction of sp³-hybridized carbons (Fsp3) is 0.150. The first kappa shape index (κ1) is 17.5. The van der Waals surface area contributed by atoms with Gasteiger partial charge < -0.3 is 9.64 Å². The highest BCUT2D eigenvalue weighted by atomic mass is 35.5. The Kier molecular flexibility index (Phi) is 5.74. The summed E-state index contributed by atoms with van der Waals surface area (Å²) in [5.74, 6) is 0.579. The molecule has 3 rings (SSSR count). The van der Waals surface area contributed by atoms with E-state index in [0.717, 1.165) is 10.4 Å². The van der Waals surface area contributed by atoms with Gasteiger partial charge in [0.25, 0.3) is 5.91 Å². The Morgan fingerprint density at radius 1 is 1.08 bits per heavy atom. The number of nitrogens with zero attached hydrogens (tertiary/aromatic N) is 1. The van der Waals surface area contributed by atoms with E-state index in [1.54, 1.807) is 22.3 Å². The van der Waals surface area contributed by atoms with E-state index in [9.17, 15) is 4.79 Å². The van der Waals surface area contributed by atoms with E-state index in [2.05, 4.69) is 0 Å². The number of rotatable bonds is 6. The predicted molar refractivity (Wildman–Crippen MR) is 104 cm³/mol. The van der Waals surface area contributed by atoms with Crippen molar-refractivity contribution in [2.45, 2.75) is 13.5 Å². The van der Waals surface area contributed by atoms with E-state index in [1.165, 1.54) is 0 Å². The van der Waals surface area contributed by atoms with Gasteiger partial charge >= 0.3 is 0 Å². The summed E-state index contributed by atoms with van der Waals surface area (Å²) >= 11 is 7.92. The molecule has 25 heavy (non-hydrogen) atoms. The lowest BCUT2D eigenvalue weighted by Gasteiger charge is -2.23. The summed E-state index contributed by atoms with van der Waals surface area (Å²) in [6.07, 6.45) is 0. The molecule has 0 unspecified atom stereocenters. The lowest BCUT2D eigenvalue weighted by molar-refractivity contribution is -0.120. The fourth-order valence-electron chi connectivity index (χ4n) is 2.47. The topological polar surface area (TPSA) is 29.5 Å². The summed E-state index contributed by atoms with van der Waals surface area (Å²) in [6, 6.07) is 19.0. The summed E-state index contributed by atoms with van der Waals surface area (Å²) < 4.78 is 5.73. The maximum absolute atomic E-state index is 12.9. The van der Waals surface area contributed by atoms with Crippen LogP contribution in [0.2, 0.25) is 5.02 Å². The standard InChI is InChI=1S/C20H18ClNO2S/c1-15-7-2-5-11-19(15)24-14-20(23)22(13-16-8-6-12-25-16)18-10-4-3-9-17(18)21/h2-12H,13-14H2,1H3. The van der Waals surface area contributed by atoms with Gasteiger partial charge in [-0.3, -0.25) is 4.79 Å². The van der Waals surface area contributed by atoms with E-state index >= 15 is 0 Å². The number of aryl methyl sites for hydroxylation is 1. The van der Waals surface area contributed by atoms with Crippen molar-refractivity contribution in [1.29, 1.82) is 0 Å². The molecule has 1 heterocycles. The van der Waals surface area contributed by atoms with Crippen molar-refractivity contribution < 1.29 is 9.53 Å². The molecular weight excluding hydrogens is 354 g/mol. The Morgan fingerprint density at radius 2 is 1.84 bits per heavy atom. The Bertz CT molecular complexity index is 848. The minimum atomic E-state index is -0.134. The third kappa shape index (κ3) is 4.41. The third-order valence-electron chi connectivity index (χ3n) is 3.78. The molecule has 1 aromatic heterocycles. The molecule has 3 aromatic rings. The van der Waals surface area contributed by atoms with Gasteiger partial charge in [0, 0.05) is 4.88 Å². The number of halogens is 1. The van der Waals surface area contributed by atoms with Gasteiger partial charge in [-0.2, -0.15) is 0 Å². The predicted octanol–water partition coefficient (Wildman–Crippen LogP) is 5.32. The van der Waals surface area contributed by atoms with Crippen LogP contribution < -0.4 is 9.64 Å². The van der Waals surface area contributed by atoms with Gasteiger partial charge in [-0.15, -0.1) is 11.3 Å². The van der Waals surface area contributed by atoms with Gasteiger partial charge in [0.1, 0.15) is 5.75 Å². The Balaban J connectivity index is 1.80. The Labute approximate surface area is 156 Å². The van der Waals surface area contributed by atoms with Crippen molar-refractivity contribution in [1.82, 2.24) is 0 Å². The van der Waals surface area contributed by atoms with E-state index in [4.69, 9.17) is 16.3 Å². The van der Waals surface area contributed by atoms with E-state index < -0.39 is 0 Å². The molecule has 0 N–H and O–H groups in total. The number of hydrogen-bond acceptors (Lipinski definition) is 3. The van der Waals surface area contributed by atoms with E-state index in [1.807, 2.05) is 66.9 Å². The van der Waals surface area contributed by atoms with Crippen LogP contribution in [0.3, 0.4) is 0 Å². The van der Waals surface area contributed by atoms with Gasteiger partial charge in [-0.25, -0.2) is 0 Å². The molecule has 1 amide bonds. The summed E-state index contributed by atoms with van der Waals surface area (Å²) in [5.41, 5.74) is 1.69. The number of amides is 1. The normalized spacial score (nSPS) is 10.5. The van der Waals surface area contributed by atoms with Crippen molar-refractivity contribution in [3.63, 3.8) is 0 Å². The first-order chi connectivity index (χ1) is 12.1. The van der Waals surface area contributed by atoms with Crippen LogP contribution >= 0.6 is 22.9 Å². The molecule has 0 aliphatic rings. The molecule has 0 fully saturated rings. The van der Waals surface area contributed by atoms with Crippen LogP contribution in [0, 0.1) is 6.92 Å². The highest BCUT2D eigenvalue weighted by molar-refractivity contribution is 7.09. The molecule has 0 radical (unpaired) electrons. The Morgan fingerprint density at radius 3 is 2.56 bits per heavy atom.